The average Bonchev–Trinajstić information content (AvgIpc) is 3.70. The minimum Gasteiger partial charge on any atom is -0.474 e. The largest absolute Gasteiger partial charge is 0.474 e. The second kappa shape index (κ2) is 14.8. The van der Waals surface area contributed by atoms with Crippen molar-refractivity contribution in [2.24, 2.45) is 0 Å². The van der Waals surface area contributed by atoms with Crippen molar-refractivity contribution in [1.82, 2.24) is 39.9 Å². The zero-order valence-electron chi connectivity index (χ0n) is 25.2. The molecule has 1 aliphatic heterocycles. The van der Waals surface area contributed by atoms with Crippen LogP contribution in [0.5, 0.6) is 5.88 Å². The number of H-pyrrole nitrogens is 1. The van der Waals surface area contributed by atoms with Crippen LogP contribution in [0.1, 0.15) is 56.7 Å². The molecule has 0 radical (unpaired) electrons. The van der Waals surface area contributed by atoms with Crippen LogP contribution >= 0.6 is 0 Å². The van der Waals surface area contributed by atoms with Crippen LogP contribution in [0.2, 0.25) is 0 Å². The first-order valence-corrected chi connectivity index (χ1v) is 15.3. The van der Waals surface area contributed by atoms with Gasteiger partial charge in [0.2, 0.25) is 5.88 Å². The van der Waals surface area contributed by atoms with E-state index < -0.39 is 18.0 Å². The molecule has 0 saturated carbocycles. The summed E-state index contributed by atoms with van der Waals surface area (Å²) in [5.74, 6) is -0.0491. The number of aliphatic hydroxyl groups excluding tert-OH is 1. The number of hydrogen-bond donors (Lipinski definition) is 3. The molecule has 1 aliphatic rings. The van der Waals surface area contributed by atoms with Crippen molar-refractivity contribution < 1.29 is 23.0 Å². The molecular weight excluding hydrogens is 587 g/mol. The number of aromatic nitrogens is 6. The molecule has 11 nitrogen and oxygen atoms in total. The van der Waals surface area contributed by atoms with Crippen LogP contribution in [-0.4, -0.2) is 77.6 Å². The molecule has 45 heavy (non-hydrogen) atoms. The van der Waals surface area contributed by atoms with E-state index in [2.05, 4.69) is 41.3 Å². The lowest BCUT2D eigenvalue weighted by Crippen LogP contribution is -2.46. The van der Waals surface area contributed by atoms with Gasteiger partial charge in [-0.25, -0.2) is 15.0 Å². The number of halogens is 3. The summed E-state index contributed by atoms with van der Waals surface area (Å²) in [5.41, 5.74) is 1.83. The summed E-state index contributed by atoms with van der Waals surface area (Å²) in [6.45, 7) is 4.27. The Morgan fingerprint density at radius 3 is 2.82 bits per heavy atom. The van der Waals surface area contributed by atoms with Crippen molar-refractivity contribution >= 4 is 11.0 Å². The van der Waals surface area contributed by atoms with Crippen molar-refractivity contribution in [2.45, 2.75) is 83.0 Å². The molecule has 0 spiro atoms. The SMILES string of the molecule is CC[C@H](O)CNCc1cc(OC2CCN([C@@H](CCCC#N)Cn3cc(-c4ncnc5[nH]ccc45)cn3)CC2)nc(C(F)(F)F)c1. The number of hydrogen-bond acceptors (Lipinski definition) is 9. The average molecular weight is 626 g/mol. The van der Waals surface area contributed by atoms with E-state index in [-0.39, 0.29) is 31.1 Å². The number of aromatic amines is 1. The standard InChI is InChI=1S/C31H38F3N9O2/c1-2-24(44)17-36-15-21-13-27(31(32,33)34)41-28(14-21)45-25-7-11-42(12-8-25)23(5-3-4-9-35)19-43-18-22(16-40-43)29-26-6-10-37-30(26)39-20-38-29/h6,10,13-14,16,18,20,23-25,36,44H,2-5,7-8,11-12,15,17,19H2,1H3,(H,37,38,39)/t23-,24-/m0/s1. The molecule has 5 rings (SSSR count). The monoisotopic (exact) mass is 625 g/mol. The highest BCUT2D eigenvalue weighted by Gasteiger charge is 2.34. The molecule has 0 aromatic carbocycles. The Morgan fingerprint density at radius 1 is 1.24 bits per heavy atom. The second-order valence-electron chi connectivity index (χ2n) is 11.4. The number of alkyl halides is 3. The van der Waals surface area contributed by atoms with E-state index in [1.54, 1.807) is 6.20 Å². The first-order valence-electron chi connectivity index (χ1n) is 15.3. The maximum absolute atomic E-state index is 13.6. The number of pyridine rings is 1. The van der Waals surface area contributed by atoms with Crippen molar-refractivity contribution in [1.29, 1.82) is 5.26 Å². The normalized spacial score (nSPS) is 16.1. The summed E-state index contributed by atoms with van der Waals surface area (Å²) >= 11 is 0. The molecule has 14 heteroatoms. The maximum atomic E-state index is 13.6. The van der Waals surface area contributed by atoms with E-state index in [1.165, 1.54) is 12.4 Å². The molecule has 1 saturated heterocycles. The second-order valence-corrected chi connectivity index (χ2v) is 11.4. The van der Waals surface area contributed by atoms with Gasteiger partial charge in [-0.1, -0.05) is 6.92 Å². The predicted molar refractivity (Wildman–Crippen MR) is 161 cm³/mol. The Balaban J connectivity index is 1.22. The third-order valence-electron chi connectivity index (χ3n) is 8.10. The van der Waals surface area contributed by atoms with Gasteiger partial charge in [0.05, 0.1) is 30.6 Å². The number of nitrogens with zero attached hydrogens (tertiary/aromatic N) is 7. The zero-order valence-corrected chi connectivity index (χ0v) is 25.2. The van der Waals surface area contributed by atoms with Crippen LogP contribution in [0.15, 0.2) is 43.1 Å². The molecule has 2 atom stereocenters. The number of ether oxygens (including phenoxy) is 1. The molecule has 5 heterocycles. The molecule has 0 unspecified atom stereocenters. The van der Waals surface area contributed by atoms with E-state index in [1.807, 2.05) is 30.1 Å². The number of nitriles is 1. The van der Waals surface area contributed by atoms with E-state index in [4.69, 9.17) is 10.00 Å². The molecule has 4 aromatic heterocycles. The van der Waals surface area contributed by atoms with Gasteiger partial charge in [-0.3, -0.25) is 9.58 Å². The van der Waals surface area contributed by atoms with Crippen molar-refractivity contribution in [2.75, 3.05) is 19.6 Å². The first-order chi connectivity index (χ1) is 21.7. The summed E-state index contributed by atoms with van der Waals surface area (Å²) in [7, 11) is 0. The highest BCUT2D eigenvalue weighted by atomic mass is 19.4. The molecule has 4 aromatic rings. The third kappa shape index (κ3) is 8.56. The van der Waals surface area contributed by atoms with Crippen LogP contribution in [0, 0.1) is 11.3 Å². The number of fused-ring (bicyclic) bond motifs is 1. The molecule has 3 N–H and O–H groups in total. The smallest absolute Gasteiger partial charge is 0.433 e. The van der Waals surface area contributed by atoms with Crippen LogP contribution in [0.25, 0.3) is 22.3 Å². The fourth-order valence-corrected chi connectivity index (χ4v) is 5.63. The minimum atomic E-state index is -4.61. The molecule has 0 aliphatic carbocycles. The van der Waals surface area contributed by atoms with Gasteiger partial charge in [-0.2, -0.15) is 23.5 Å². The highest BCUT2D eigenvalue weighted by molar-refractivity contribution is 5.89. The number of rotatable bonds is 14. The number of nitrogens with one attached hydrogen (secondary N) is 2. The van der Waals surface area contributed by atoms with Gasteiger partial charge in [0.1, 0.15) is 23.8 Å². The van der Waals surface area contributed by atoms with Crippen molar-refractivity contribution in [3.63, 3.8) is 0 Å². The summed E-state index contributed by atoms with van der Waals surface area (Å²) in [6.07, 6.45) is 5.47. The molecular formula is C31H38F3N9O2. The lowest BCUT2D eigenvalue weighted by atomic mass is 10.0. The maximum Gasteiger partial charge on any atom is 0.433 e. The van der Waals surface area contributed by atoms with Gasteiger partial charge in [-0.15, -0.1) is 0 Å². The number of piperidine rings is 1. The van der Waals surface area contributed by atoms with Crippen LogP contribution < -0.4 is 10.1 Å². The Bertz CT molecular complexity index is 1570. The van der Waals surface area contributed by atoms with Gasteiger partial charge in [-0.05, 0) is 49.8 Å². The molecule has 1 fully saturated rings. The summed E-state index contributed by atoms with van der Waals surface area (Å²) in [6, 6.07) is 6.82. The van der Waals surface area contributed by atoms with Gasteiger partial charge in [0.15, 0.2) is 0 Å². The molecule has 240 valence electrons. The number of aliphatic hydroxyl groups is 1. The minimum absolute atomic E-state index is 0.0491. The van der Waals surface area contributed by atoms with Gasteiger partial charge < -0.3 is 20.1 Å². The van der Waals surface area contributed by atoms with E-state index >= 15 is 0 Å². The number of unbranched alkanes of at least 4 members (excludes halogenated alkanes) is 1. The quantitative estimate of drug-likeness (QED) is 0.170. The lowest BCUT2D eigenvalue weighted by Gasteiger charge is -2.37. The topological polar surface area (TPSA) is 141 Å². The highest BCUT2D eigenvalue weighted by Crippen LogP contribution is 2.31. The fourth-order valence-electron chi connectivity index (χ4n) is 5.63. The molecule has 0 bridgehead atoms. The Morgan fingerprint density at radius 2 is 2.07 bits per heavy atom. The molecule has 0 amide bonds. The number of likely N-dealkylation sites (tertiary alicyclic amines) is 1. The van der Waals surface area contributed by atoms with E-state index in [0.717, 1.165) is 41.2 Å². The van der Waals surface area contributed by atoms with Crippen molar-refractivity contribution in [3.8, 4) is 23.2 Å². The van der Waals surface area contributed by atoms with Crippen LogP contribution in [0.4, 0.5) is 13.2 Å². The van der Waals surface area contributed by atoms with Crippen molar-refractivity contribution in [3.05, 3.63) is 54.4 Å². The lowest BCUT2D eigenvalue weighted by molar-refractivity contribution is -0.141. The Hall–Kier alpha value is -4.06. The van der Waals surface area contributed by atoms with Gasteiger partial charge >= 0.3 is 6.18 Å². The van der Waals surface area contributed by atoms with Crippen LogP contribution in [0.3, 0.4) is 0 Å². The first kappa shape index (κ1) is 32.3. The van der Waals surface area contributed by atoms with Crippen LogP contribution in [-0.2, 0) is 19.3 Å². The third-order valence-corrected chi connectivity index (χ3v) is 8.10. The zero-order chi connectivity index (χ0) is 31.8. The van der Waals surface area contributed by atoms with E-state index in [9.17, 15) is 18.3 Å². The fraction of sp³-hybridized carbons (Fsp3) is 0.516. The Labute approximate surface area is 259 Å². The summed E-state index contributed by atoms with van der Waals surface area (Å²) < 4.78 is 48.7. The Kier molecular flexibility index (Phi) is 10.6. The van der Waals surface area contributed by atoms with Gasteiger partial charge in [0, 0.05) is 68.1 Å². The van der Waals surface area contributed by atoms with Gasteiger partial charge in [0.25, 0.3) is 0 Å². The van der Waals surface area contributed by atoms with E-state index in [0.29, 0.717) is 50.9 Å². The summed E-state index contributed by atoms with van der Waals surface area (Å²) in [5, 5.41) is 27.4. The predicted octanol–water partition coefficient (Wildman–Crippen LogP) is 4.70. The summed E-state index contributed by atoms with van der Waals surface area (Å²) in [4.78, 5) is 17.9.